The van der Waals surface area contributed by atoms with Gasteiger partial charge in [0, 0.05) is 5.38 Å². The first kappa shape index (κ1) is 16.6. The molecule has 0 aliphatic rings. The van der Waals surface area contributed by atoms with Gasteiger partial charge in [-0.05, 0) is 23.6 Å². The average Bonchev–Trinajstić information content (AvgIpc) is 2.94. The van der Waals surface area contributed by atoms with Crippen LogP contribution in [-0.2, 0) is 11.3 Å². The van der Waals surface area contributed by atoms with Crippen molar-refractivity contribution in [3.8, 4) is 0 Å². The molecule has 0 aliphatic carbocycles. The summed E-state index contributed by atoms with van der Waals surface area (Å²) in [4.78, 5) is 16.3. The molecule has 2 rings (SSSR count). The molecule has 0 aliphatic heterocycles. The maximum absolute atomic E-state index is 13.1. The average molecular weight is 322 g/mol. The van der Waals surface area contributed by atoms with Gasteiger partial charge in [0.05, 0.1) is 24.8 Å². The number of hydrogen-bond acceptors (Lipinski definition) is 4. The molecule has 1 amide bonds. The monoisotopic (exact) mass is 322 g/mol. The van der Waals surface area contributed by atoms with Crippen LogP contribution in [0.1, 0.15) is 48.6 Å². The molecule has 4 nitrogen and oxygen atoms in total. The van der Waals surface area contributed by atoms with Gasteiger partial charge in [-0.25, -0.2) is 9.37 Å². The van der Waals surface area contributed by atoms with Crippen LogP contribution in [0, 0.1) is 5.82 Å². The molecule has 6 heteroatoms. The van der Waals surface area contributed by atoms with Crippen LogP contribution in [0.4, 0.5) is 4.39 Å². The van der Waals surface area contributed by atoms with Gasteiger partial charge in [-0.3, -0.25) is 4.79 Å². The number of aliphatic hydroxyl groups is 1. The molecule has 0 saturated carbocycles. The van der Waals surface area contributed by atoms with E-state index in [-0.39, 0.29) is 12.3 Å². The van der Waals surface area contributed by atoms with Crippen LogP contribution in [0.25, 0.3) is 0 Å². The van der Waals surface area contributed by atoms with Crippen molar-refractivity contribution in [1.82, 2.24) is 10.3 Å². The van der Waals surface area contributed by atoms with Crippen LogP contribution in [0.15, 0.2) is 29.6 Å². The largest absolute Gasteiger partial charge is 0.388 e. The quantitative estimate of drug-likeness (QED) is 0.859. The third-order valence-electron chi connectivity index (χ3n) is 3.21. The van der Waals surface area contributed by atoms with E-state index in [0.717, 1.165) is 10.7 Å². The summed E-state index contributed by atoms with van der Waals surface area (Å²) in [6.45, 7) is 4.46. The molecule has 118 valence electrons. The summed E-state index contributed by atoms with van der Waals surface area (Å²) in [5, 5.41) is 15.5. The lowest BCUT2D eigenvalue weighted by molar-refractivity contribution is -0.123. The molecule has 1 unspecified atom stereocenters. The van der Waals surface area contributed by atoms with Gasteiger partial charge in [0.1, 0.15) is 10.8 Å². The van der Waals surface area contributed by atoms with E-state index in [2.05, 4.69) is 24.1 Å². The third kappa shape index (κ3) is 4.61. The molecule has 0 bridgehead atoms. The second-order valence-electron chi connectivity index (χ2n) is 5.37. The number of carbonyl (C=O) groups is 1. The van der Waals surface area contributed by atoms with Crippen LogP contribution in [0.5, 0.6) is 0 Å². The Hall–Kier alpha value is -1.79. The lowest BCUT2D eigenvalue weighted by Crippen LogP contribution is -2.24. The van der Waals surface area contributed by atoms with Crippen molar-refractivity contribution in [1.29, 1.82) is 0 Å². The van der Waals surface area contributed by atoms with Crippen LogP contribution in [0.2, 0.25) is 0 Å². The minimum Gasteiger partial charge on any atom is -0.388 e. The highest BCUT2D eigenvalue weighted by Crippen LogP contribution is 2.19. The highest BCUT2D eigenvalue weighted by Gasteiger charge is 2.14. The number of rotatable bonds is 6. The Kier molecular flexibility index (Phi) is 5.63. The molecule has 0 fully saturated rings. The fourth-order valence-corrected chi connectivity index (χ4v) is 2.82. The van der Waals surface area contributed by atoms with E-state index in [1.165, 1.54) is 29.5 Å². The van der Waals surface area contributed by atoms with Gasteiger partial charge in [-0.2, -0.15) is 0 Å². The first-order valence-electron chi connectivity index (χ1n) is 7.10. The molecule has 1 atom stereocenters. The number of benzene rings is 1. The predicted molar refractivity (Wildman–Crippen MR) is 84.0 cm³/mol. The van der Waals surface area contributed by atoms with E-state index in [1.807, 2.05) is 5.38 Å². The van der Waals surface area contributed by atoms with Crippen molar-refractivity contribution in [2.24, 2.45) is 0 Å². The summed E-state index contributed by atoms with van der Waals surface area (Å²) in [7, 11) is 0. The van der Waals surface area contributed by atoms with Crippen molar-refractivity contribution in [3.63, 3.8) is 0 Å². The zero-order chi connectivity index (χ0) is 16.1. The van der Waals surface area contributed by atoms with Gasteiger partial charge in [0.2, 0.25) is 5.91 Å². The van der Waals surface area contributed by atoms with Crippen molar-refractivity contribution in [2.75, 3.05) is 0 Å². The van der Waals surface area contributed by atoms with Gasteiger partial charge in [0.15, 0.2) is 0 Å². The number of carbonyl (C=O) groups excluding carboxylic acids is 1. The molecule has 22 heavy (non-hydrogen) atoms. The lowest BCUT2D eigenvalue weighted by atomic mass is 10.1. The molecular formula is C16H19FN2O2S. The molecule has 0 radical (unpaired) electrons. The van der Waals surface area contributed by atoms with E-state index in [1.54, 1.807) is 6.07 Å². The maximum Gasteiger partial charge on any atom is 0.223 e. The van der Waals surface area contributed by atoms with Gasteiger partial charge in [-0.15, -0.1) is 11.3 Å². The first-order chi connectivity index (χ1) is 10.5. The van der Waals surface area contributed by atoms with Crippen LogP contribution in [-0.4, -0.2) is 16.0 Å². The van der Waals surface area contributed by atoms with E-state index >= 15 is 0 Å². The molecule has 0 spiro atoms. The van der Waals surface area contributed by atoms with Crippen LogP contribution < -0.4 is 5.32 Å². The summed E-state index contributed by atoms with van der Waals surface area (Å²) in [6, 6.07) is 5.63. The van der Waals surface area contributed by atoms with E-state index < -0.39 is 11.9 Å². The Morgan fingerprint density at radius 2 is 2.23 bits per heavy atom. The summed E-state index contributed by atoms with van der Waals surface area (Å²) in [5.74, 6) is -0.366. The standard InChI is InChI=1S/C16H19FN2O2S/c1-10(2)13-9-22-16(19-13)8-18-15(21)7-14(20)11-4-3-5-12(17)6-11/h3-6,9-10,14,20H,7-8H2,1-2H3,(H,18,21). The molecule has 0 saturated heterocycles. The van der Waals surface area contributed by atoms with Gasteiger partial charge < -0.3 is 10.4 Å². The zero-order valence-electron chi connectivity index (χ0n) is 12.5. The Labute approximate surface area is 133 Å². The molecule has 2 aromatic rings. The van der Waals surface area contributed by atoms with Crippen LogP contribution >= 0.6 is 11.3 Å². The maximum atomic E-state index is 13.1. The number of halogens is 1. The van der Waals surface area contributed by atoms with Crippen LogP contribution in [0.3, 0.4) is 0 Å². The van der Waals surface area contributed by atoms with Crippen molar-refractivity contribution in [3.05, 3.63) is 51.7 Å². The normalized spacial score (nSPS) is 12.4. The zero-order valence-corrected chi connectivity index (χ0v) is 13.4. The SMILES string of the molecule is CC(C)c1csc(CNC(=O)CC(O)c2cccc(F)c2)n1. The van der Waals surface area contributed by atoms with Crippen molar-refractivity contribution < 1.29 is 14.3 Å². The van der Waals surface area contributed by atoms with E-state index in [4.69, 9.17) is 0 Å². The minimum absolute atomic E-state index is 0.105. The highest BCUT2D eigenvalue weighted by atomic mass is 32.1. The highest BCUT2D eigenvalue weighted by molar-refractivity contribution is 7.09. The number of hydrogen-bond donors (Lipinski definition) is 2. The Morgan fingerprint density at radius 3 is 2.86 bits per heavy atom. The molecule has 1 aromatic heterocycles. The topological polar surface area (TPSA) is 62.2 Å². The number of nitrogens with one attached hydrogen (secondary N) is 1. The number of nitrogens with zero attached hydrogens (tertiary/aromatic N) is 1. The minimum atomic E-state index is -1.02. The molecule has 2 N–H and O–H groups in total. The molecule has 1 heterocycles. The molecular weight excluding hydrogens is 303 g/mol. The summed E-state index contributed by atoms with van der Waals surface area (Å²) >= 11 is 1.50. The van der Waals surface area contributed by atoms with Crippen molar-refractivity contribution in [2.45, 2.75) is 38.8 Å². The fraction of sp³-hybridized carbons (Fsp3) is 0.375. The summed E-state index contributed by atoms with van der Waals surface area (Å²) in [5.41, 5.74) is 1.40. The Morgan fingerprint density at radius 1 is 1.45 bits per heavy atom. The van der Waals surface area contributed by atoms with Gasteiger partial charge >= 0.3 is 0 Å². The van der Waals surface area contributed by atoms with Gasteiger partial charge in [0.25, 0.3) is 0 Å². The fourth-order valence-electron chi connectivity index (χ4n) is 1.93. The first-order valence-corrected chi connectivity index (χ1v) is 7.98. The van der Waals surface area contributed by atoms with Crippen molar-refractivity contribution >= 4 is 17.2 Å². The second-order valence-corrected chi connectivity index (χ2v) is 6.32. The number of aliphatic hydroxyl groups excluding tert-OH is 1. The molecule has 1 aromatic carbocycles. The Balaban J connectivity index is 1.84. The predicted octanol–water partition coefficient (Wildman–Crippen LogP) is 3.15. The smallest absolute Gasteiger partial charge is 0.223 e. The Bertz CT molecular complexity index is 643. The number of aromatic nitrogens is 1. The lowest BCUT2D eigenvalue weighted by Gasteiger charge is -2.10. The number of amides is 1. The second kappa shape index (κ2) is 7.47. The number of thiazole rings is 1. The summed E-state index contributed by atoms with van der Waals surface area (Å²) < 4.78 is 13.1. The van der Waals surface area contributed by atoms with E-state index in [9.17, 15) is 14.3 Å². The third-order valence-corrected chi connectivity index (χ3v) is 4.08. The van der Waals surface area contributed by atoms with Gasteiger partial charge in [-0.1, -0.05) is 26.0 Å². The van der Waals surface area contributed by atoms with E-state index in [0.29, 0.717) is 18.0 Å². The summed E-state index contributed by atoms with van der Waals surface area (Å²) in [6.07, 6.45) is -1.12.